The molecule has 0 saturated carbocycles. The van der Waals surface area contributed by atoms with E-state index in [1.54, 1.807) is 35.8 Å². The van der Waals surface area contributed by atoms with Gasteiger partial charge in [-0.1, -0.05) is 139 Å². The van der Waals surface area contributed by atoms with Crippen LogP contribution in [0.2, 0.25) is 0 Å². The highest BCUT2D eigenvalue weighted by atomic mass is 16.2. The number of nitrogens with zero attached hydrogens (tertiary/aromatic N) is 6. The summed E-state index contributed by atoms with van der Waals surface area (Å²) in [6.07, 6.45) is 10.6. The number of urea groups is 3. The molecule has 7 atom stereocenters. The van der Waals surface area contributed by atoms with Crippen LogP contribution in [0.5, 0.6) is 0 Å². The van der Waals surface area contributed by atoms with Crippen LogP contribution in [0.4, 0.5) is 31.4 Å². The maximum Gasteiger partial charge on any atom is 0.324 e. The van der Waals surface area contributed by atoms with Crippen LogP contribution in [-0.2, 0) is 80.0 Å². The van der Waals surface area contributed by atoms with Crippen LogP contribution in [0.1, 0.15) is 150 Å². The van der Waals surface area contributed by atoms with Crippen molar-refractivity contribution < 1.29 is 62.3 Å². The maximum atomic E-state index is 12.6. The third kappa shape index (κ3) is 18.4. The molecule has 15 rings (SSSR count). The van der Waals surface area contributed by atoms with Gasteiger partial charge in [-0.3, -0.25) is 78.6 Å². The second-order valence-electron chi connectivity index (χ2n) is 27.1. The van der Waals surface area contributed by atoms with E-state index in [4.69, 9.17) is 0 Å². The number of carbonyl (C=O) groups excluding carboxylic acids is 13. The number of amides is 16. The average Bonchev–Trinajstić information content (AvgIpc) is 1.57. The van der Waals surface area contributed by atoms with Crippen molar-refractivity contribution in [3.63, 3.8) is 0 Å². The number of hydrogen-bond donors (Lipinski definition) is 7. The van der Waals surface area contributed by atoms with Crippen LogP contribution in [0.3, 0.4) is 0 Å². The van der Waals surface area contributed by atoms with Gasteiger partial charge in [0.15, 0.2) is 0 Å². The first-order valence-electron chi connectivity index (χ1n) is 35.1. The minimum atomic E-state index is -0.581. The molecule has 0 radical (unpaired) electrons. The van der Waals surface area contributed by atoms with Crippen molar-refractivity contribution in [1.29, 1.82) is 0 Å². The molecule has 106 heavy (non-hydrogen) atoms. The fraction of sp³-hybridized carbons (Fsp3) is 0.412. The monoisotopic (exact) mass is 1450 g/mol. The highest BCUT2D eigenvalue weighted by Crippen LogP contribution is 2.36. The van der Waals surface area contributed by atoms with E-state index >= 15 is 0 Å². The first-order chi connectivity index (χ1) is 49.5. The number of anilines is 3. The number of nitrogens with one attached hydrogen (secondary N) is 7. The highest BCUT2D eigenvalue weighted by molar-refractivity contribution is 6.06. The molecule has 5 aromatic carbocycles. The highest BCUT2D eigenvalue weighted by Gasteiger charge is 2.41. The summed E-state index contributed by atoms with van der Waals surface area (Å²) in [4.78, 5) is 165. The Hall–Kier alpha value is -11.3. The summed E-state index contributed by atoms with van der Waals surface area (Å²) >= 11 is 0. The first-order valence-corrected chi connectivity index (χ1v) is 35.1. The molecule has 8 heterocycles. The lowest BCUT2D eigenvalue weighted by Gasteiger charge is -2.32. The molecule has 5 fully saturated rings. The Morgan fingerprint density at radius 2 is 0.632 bits per heavy atom. The number of para-hydroxylation sites is 3. The number of carbonyl (C=O) groups is 13. The summed E-state index contributed by atoms with van der Waals surface area (Å²) in [6.45, 7) is 9.34. The molecule has 3 unspecified atom stereocenters. The summed E-state index contributed by atoms with van der Waals surface area (Å²) in [5.74, 6) is -2.63. The molecule has 5 aromatic rings. The zero-order valence-corrected chi connectivity index (χ0v) is 58.1. The molecular formula is C80H99N13O13. The molecule has 2 aliphatic carbocycles. The van der Waals surface area contributed by atoms with Crippen LogP contribution in [0.25, 0.3) is 0 Å². The molecule has 8 aliphatic heterocycles. The van der Waals surface area contributed by atoms with Gasteiger partial charge in [0.05, 0.1) is 11.8 Å². The summed E-state index contributed by atoms with van der Waals surface area (Å²) in [5.41, 5.74) is 12.3. The molecule has 10 aliphatic rings. The van der Waals surface area contributed by atoms with E-state index in [0.717, 1.165) is 114 Å². The number of likely N-dealkylation sites (N-methyl/N-ethyl adjacent to an activating group) is 3. The van der Waals surface area contributed by atoms with Gasteiger partial charge in [0.2, 0.25) is 59.1 Å². The zero-order valence-electron chi connectivity index (χ0n) is 58.1. The summed E-state index contributed by atoms with van der Waals surface area (Å²) in [7, 11) is 4.84. The van der Waals surface area contributed by atoms with Gasteiger partial charge in [-0.25, -0.2) is 14.4 Å². The number of allylic oxidation sites excluding steroid dienone is 2. The lowest BCUT2D eigenvalue weighted by Crippen LogP contribution is -2.55. The Labute approximate surface area is 619 Å². The normalized spacial score (nSPS) is 21.9. The number of imide groups is 3. The SMILES string of the molecule is C.C.C.C=C1CC[C@@H](NC(=O)C2CCc3ccccc32)C(=O)N1.C=C1CC[C@H](NC(=O)C2CCc3ccccc32)C(=O)N1.CN(C(=O)N1CCc2ccccc21)C1CCC(=O)NC1=O.CN(C(=O)N1CCc2ccccc21)[C@@H]1CCC(=O)NC1=O.CN(C(=O)N1CCc2ccccc21)[C@H]1CCC(=O)NC1=O. The maximum absolute atomic E-state index is 12.6. The van der Waals surface area contributed by atoms with E-state index in [-0.39, 0.29) is 113 Å². The van der Waals surface area contributed by atoms with Crippen molar-refractivity contribution in [3.05, 3.63) is 185 Å². The van der Waals surface area contributed by atoms with E-state index in [0.29, 0.717) is 51.7 Å². The second-order valence-corrected chi connectivity index (χ2v) is 27.1. The van der Waals surface area contributed by atoms with E-state index in [2.05, 4.69) is 62.5 Å². The fourth-order valence-corrected chi connectivity index (χ4v) is 14.8. The molecule has 16 amide bonds. The van der Waals surface area contributed by atoms with Gasteiger partial charge in [0.25, 0.3) is 0 Å². The van der Waals surface area contributed by atoms with Crippen LogP contribution in [-0.4, -0.2) is 163 Å². The van der Waals surface area contributed by atoms with Gasteiger partial charge >= 0.3 is 18.1 Å². The summed E-state index contributed by atoms with van der Waals surface area (Å²) < 4.78 is 0. The molecule has 26 nitrogen and oxygen atoms in total. The van der Waals surface area contributed by atoms with Crippen LogP contribution < -0.4 is 51.9 Å². The predicted molar refractivity (Wildman–Crippen MR) is 403 cm³/mol. The number of benzene rings is 5. The van der Waals surface area contributed by atoms with E-state index in [1.165, 1.54) is 25.8 Å². The first kappa shape index (κ1) is 80.4. The lowest BCUT2D eigenvalue weighted by atomic mass is 9.98. The van der Waals surface area contributed by atoms with Crippen molar-refractivity contribution in [2.24, 2.45) is 0 Å². The van der Waals surface area contributed by atoms with Crippen molar-refractivity contribution in [2.45, 2.75) is 173 Å². The van der Waals surface area contributed by atoms with Gasteiger partial charge in [-0.05, 0) is 147 Å². The topological polar surface area (TPSA) is 326 Å². The van der Waals surface area contributed by atoms with Crippen molar-refractivity contribution >= 4 is 94.2 Å². The number of fused-ring (bicyclic) bond motifs is 5. The van der Waals surface area contributed by atoms with Gasteiger partial charge in [0, 0.05) is 88.5 Å². The quantitative estimate of drug-likeness (QED) is 0.0764. The predicted octanol–water partition coefficient (Wildman–Crippen LogP) is 7.88. The minimum absolute atomic E-state index is 0. The molecular weight excluding hydrogens is 1350 g/mol. The van der Waals surface area contributed by atoms with Crippen LogP contribution in [0.15, 0.2) is 146 Å². The molecule has 562 valence electrons. The van der Waals surface area contributed by atoms with Gasteiger partial charge in [-0.2, -0.15) is 0 Å². The summed E-state index contributed by atoms with van der Waals surface area (Å²) in [5, 5.41) is 18.0. The van der Waals surface area contributed by atoms with Gasteiger partial charge < -0.3 is 36.0 Å². The third-order valence-electron chi connectivity index (χ3n) is 20.5. The Morgan fingerprint density at radius 1 is 0.349 bits per heavy atom. The van der Waals surface area contributed by atoms with E-state index in [1.807, 2.05) is 109 Å². The van der Waals surface area contributed by atoms with Crippen molar-refractivity contribution in [3.8, 4) is 0 Å². The van der Waals surface area contributed by atoms with Crippen molar-refractivity contribution in [2.75, 3.05) is 55.5 Å². The molecule has 0 aromatic heterocycles. The summed E-state index contributed by atoms with van der Waals surface area (Å²) in [6, 6.07) is 36.2. The minimum Gasteiger partial charge on any atom is -0.344 e. The van der Waals surface area contributed by atoms with E-state index in [9.17, 15) is 62.3 Å². The zero-order chi connectivity index (χ0) is 73.2. The lowest BCUT2D eigenvalue weighted by molar-refractivity contribution is -0.137. The average molecular weight is 1450 g/mol. The smallest absolute Gasteiger partial charge is 0.324 e. The number of rotatable bonds is 7. The number of aryl methyl sites for hydroxylation is 2. The van der Waals surface area contributed by atoms with Crippen LogP contribution >= 0.6 is 0 Å². The second kappa shape index (κ2) is 35.9. The van der Waals surface area contributed by atoms with E-state index < -0.39 is 47.9 Å². The fourth-order valence-electron chi connectivity index (χ4n) is 14.8. The molecule has 5 saturated heterocycles. The standard InChI is InChI=1S/2C16H18N2O2.3C15H17N3O3.3CH4/c2*1-10-6-9-14(16(20)17-10)18-15(19)13-8-7-11-4-2-3-5-12(11)13;3*1-17(12-6-7-13(19)16-14(12)20)15(21)18-9-8-10-4-2-3-5-11(10)18;;;/h2*2-5,13-14H,1,6-9H2,(H,17,20)(H,18,19);3*2-5,12H,6-9H2,1H3,(H,16,19,20);3*1H4/t2*13?,14-;2*12-;;;;/m1010..../s1. The van der Waals surface area contributed by atoms with Crippen LogP contribution in [0, 0.1) is 0 Å². The Kier molecular flexibility index (Phi) is 27.2. The van der Waals surface area contributed by atoms with Gasteiger partial charge in [0.1, 0.15) is 30.2 Å². The Bertz CT molecular complexity index is 3870. The Morgan fingerprint density at radius 3 is 0.925 bits per heavy atom. The molecule has 7 N–H and O–H groups in total. The number of piperidine rings is 5. The number of hydrogen-bond acceptors (Lipinski definition) is 13. The molecule has 26 heteroatoms. The van der Waals surface area contributed by atoms with Crippen molar-refractivity contribution in [1.82, 2.24) is 51.9 Å². The van der Waals surface area contributed by atoms with Gasteiger partial charge in [-0.15, -0.1) is 0 Å². The Balaban J connectivity index is 0.000000166. The molecule has 0 spiro atoms. The molecule has 0 bridgehead atoms. The largest absolute Gasteiger partial charge is 0.344 e. The third-order valence-corrected chi connectivity index (χ3v) is 20.5.